The summed E-state index contributed by atoms with van der Waals surface area (Å²) in [4.78, 5) is 326. The molecule has 51 heteroatoms. The van der Waals surface area contributed by atoms with E-state index < -0.39 is 330 Å². The smallest absolute Gasteiger partial charge is 0.335 e. The Kier molecular flexibility index (Phi) is 44.6. The van der Waals surface area contributed by atoms with Crippen LogP contribution in [0.25, 0.3) is 0 Å². The number of nitrogens with zero attached hydrogens (tertiary/aromatic N) is 1. The Morgan fingerprint density at radius 3 is 1.45 bits per heavy atom. The number of carboxylic acid groups (broad SMARTS) is 2. The summed E-state index contributed by atoms with van der Waals surface area (Å²) >= 11 is 1.87. The summed E-state index contributed by atoms with van der Waals surface area (Å²) in [6, 6.07) is -7.92. The lowest BCUT2D eigenvalue weighted by molar-refractivity contribution is -0.152. The maximum atomic E-state index is 16.1. The van der Waals surface area contributed by atoms with Crippen molar-refractivity contribution in [2.45, 2.75) is 237 Å². The number of nitrogens with one attached hydrogen (secondary N) is 18. The highest BCUT2D eigenvalue weighted by atomic mass is 32.2. The number of unbranched alkanes of at least 4 members (excludes halogenated alkanes) is 1. The molecule has 3 aromatic rings. The molecule has 5 heterocycles. The highest BCUT2D eigenvalue weighted by Crippen LogP contribution is 2.24. The summed E-state index contributed by atoms with van der Waals surface area (Å²) in [6.45, 7) is 2.70. The summed E-state index contributed by atoms with van der Waals surface area (Å²) in [7, 11) is 0. The van der Waals surface area contributed by atoms with Gasteiger partial charge in [0.1, 0.15) is 96.7 Å². The number of fused-ring (bicyclic) bond motifs is 22. The molecule has 5 aliphatic rings. The van der Waals surface area contributed by atoms with Crippen molar-refractivity contribution < 1.29 is 121 Å². The molecule has 29 N–H and O–H groups in total. The number of hydrogen-bond acceptors (Lipinski definition) is 29. The molecule has 0 aromatic heterocycles. The van der Waals surface area contributed by atoms with Gasteiger partial charge in [-0.25, -0.2) is 9.59 Å². The van der Waals surface area contributed by atoms with Gasteiger partial charge in [-0.3, -0.25) is 95.9 Å². The number of carbonyl (C=O) groups excluding carboxylic acids is 20. The zero-order chi connectivity index (χ0) is 103. The van der Waals surface area contributed by atoms with Crippen molar-refractivity contribution in [3.63, 3.8) is 0 Å². The fourth-order valence-electron chi connectivity index (χ4n) is 15.6. The molecular weight excluding hydrogens is 1890 g/mol. The van der Waals surface area contributed by atoms with E-state index in [1.165, 1.54) is 32.6 Å². The lowest BCUT2D eigenvalue weighted by Crippen LogP contribution is -2.64. The predicted octanol–water partition coefficient (Wildman–Crippen LogP) is -9.22. The second-order valence-electron chi connectivity index (χ2n) is 34.7. The Morgan fingerprint density at radius 1 is 0.436 bits per heavy atom. The number of rotatable bonds is 19. The van der Waals surface area contributed by atoms with E-state index in [0.717, 1.165) is 0 Å². The molecule has 0 spiro atoms. The van der Waals surface area contributed by atoms with E-state index >= 15 is 52.7 Å². The van der Waals surface area contributed by atoms with Gasteiger partial charge in [0, 0.05) is 72.3 Å². The first kappa shape index (κ1) is 112. The Balaban J connectivity index is 1.42. The van der Waals surface area contributed by atoms with Gasteiger partial charge in [0.2, 0.25) is 118 Å². The summed E-state index contributed by atoms with van der Waals surface area (Å²) < 4.78 is 0. The lowest BCUT2D eigenvalue weighted by Gasteiger charge is -2.32. The maximum Gasteiger partial charge on any atom is 0.335 e. The van der Waals surface area contributed by atoms with E-state index in [4.69, 9.17) is 22.9 Å². The first-order valence-corrected chi connectivity index (χ1v) is 49.0. The monoisotopic (exact) mass is 2010 g/mol. The highest BCUT2D eigenvalue weighted by molar-refractivity contribution is 8.00. The topological polar surface area (TPSA) is 760 Å². The van der Waals surface area contributed by atoms with Crippen molar-refractivity contribution in [1.82, 2.24) is 101 Å². The van der Waals surface area contributed by atoms with Crippen molar-refractivity contribution >= 4 is 165 Å². The number of primary amides is 2. The normalized spacial score (nSPS) is 28.3. The molecule has 5 aliphatic heterocycles. The van der Waals surface area contributed by atoms with Gasteiger partial charge in [-0.15, -0.1) is 0 Å². The molecule has 140 heavy (non-hydrogen) atoms. The fourth-order valence-corrected chi connectivity index (χ4v) is 18.8. The minimum Gasteiger partial charge on any atom is -0.480 e. The summed E-state index contributed by atoms with van der Waals surface area (Å²) in [6.07, 6.45) is -6.66. The summed E-state index contributed by atoms with van der Waals surface area (Å²) in [5.74, 6) is -32.2. The van der Waals surface area contributed by atoms with Gasteiger partial charge in [0.25, 0.3) is 0 Å². The van der Waals surface area contributed by atoms with Gasteiger partial charge in [0.05, 0.1) is 25.6 Å². The molecule has 0 radical (unpaired) electrons. The molecule has 0 aliphatic carbocycles. The molecule has 20 atom stereocenters. The minimum absolute atomic E-state index is 0.0215. The van der Waals surface area contributed by atoms with Gasteiger partial charge < -0.3 is 139 Å². The van der Waals surface area contributed by atoms with E-state index in [9.17, 15) is 68.1 Å². The minimum atomic E-state index is -2.98. The first-order chi connectivity index (χ1) is 66.6. The standard InChI is InChI=1S/C89H125N23O25S3/c1-44(2)67-85(131)107-60-42-138-41-59-80(126)106-61-43-140-46(4)69(87(133)103-56(76(122)108-67)35-49-23-12-7-13-24-49)109-77(123)55(34-48-21-10-6-11-22-48)102-83(129)62-27-18-32-112(62)66(116)39-96-73(119)54(33-47-19-8-5-9-20-47)101-79(125)58(104-81(61)127)37-94-31-17-15-26-53(88(134)135)100-86(132)68(110-78(124)57(36-64(93)114)97-65(115)38-95-84(130)70(111-82(60)128)71(117)89(136)137)45(3)139-40-50(91)72(118)98-51(25-14-16-30-90)74(120)99-52(75(121)105-59)28-29-63(92)113/h5-13,19-24,44-46,50-62,67-71,94,117H,14-18,25-43,90-91H2,1-4H3,(H2,92,113)(H2,93,114)(H,95,130)(H,96,119)(H,97,115)(H,98,118)(H,99,120)(H,100,132)(H,101,125)(H,102,129)(H,103,133)(H,104,127)(H,105,121)(H,106,126)(H,107,131)(H,108,122)(H,109,123)(H,110,124)(H,111,128)(H,134,135)(H,136,137)/t45?,46?,50-,51-,52-,53-,54-,55-,56-,57-,58-,59+,60-,61-,62-,67-,68+,69+,70-,71+/m0/s1. The second kappa shape index (κ2) is 55.6. The fraction of sp³-hybridized carbons (Fsp3) is 0.551. The molecule has 8 rings (SSSR count). The molecule has 5 fully saturated rings. The Labute approximate surface area is 818 Å². The molecule has 48 nitrogen and oxygen atoms in total. The average molecular weight is 2010 g/mol. The SMILES string of the molecule is CC(C)[C@@H]1NC(=O)[C@H](Cc2ccccc2)NC(=O)[C@@H]2NC(=O)[C@H](Cc3ccccc3)NC(=O)[C@@H]3CCCN3C(=O)CNC(=O)[C@H](Cc3ccccc3)NC(=O)[C@@H]3CNCCCC[C@@H](C(=O)O)NC(=O)[C@@H]4NC(=O)[C@H](CC(N)=O)NC(=O)CNC(=O)[C@H]([C@@H](O)C(=O)O)NC(=O)[C@H](CSC[C@@H](NC(=O)[C@H](CCC(N)=O)NC(=O)[C@H](CCCCN)NC(=O)[C@@H](N)CSC4C)C(=O)N[C@@H](CSC2C)C(=O)N3)NC1=O. The van der Waals surface area contributed by atoms with Crippen LogP contribution in [0, 0.1) is 5.92 Å². The zero-order valence-electron chi connectivity index (χ0n) is 77.6. The molecule has 6 bridgehead atoms. The molecular formula is C89H125N23O25S3. The van der Waals surface area contributed by atoms with Crippen LogP contribution in [0.5, 0.6) is 0 Å². The van der Waals surface area contributed by atoms with Crippen LogP contribution in [0.3, 0.4) is 0 Å². The molecule has 0 saturated carbocycles. The number of benzene rings is 3. The van der Waals surface area contributed by atoms with Gasteiger partial charge in [-0.1, -0.05) is 119 Å². The van der Waals surface area contributed by atoms with Crippen molar-refractivity contribution in [3.8, 4) is 0 Å². The number of hydrogen-bond donors (Lipinski definition) is 25. The van der Waals surface area contributed by atoms with E-state index in [1.807, 2.05) is 10.6 Å². The number of amides is 20. The molecule has 20 amide bonds. The number of carboxylic acids is 2. The Morgan fingerprint density at radius 2 is 0.893 bits per heavy atom. The van der Waals surface area contributed by atoms with Crippen LogP contribution >= 0.6 is 35.3 Å². The predicted molar refractivity (Wildman–Crippen MR) is 507 cm³/mol. The van der Waals surface area contributed by atoms with Crippen molar-refractivity contribution in [2.24, 2.45) is 28.9 Å². The number of carbonyl (C=O) groups is 22. The van der Waals surface area contributed by atoms with Crippen LogP contribution in [-0.2, 0) is 125 Å². The van der Waals surface area contributed by atoms with E-state index in [-0.39, 0.29) is 77.4 Å². The average Bonchev–Trinajstić information content (AvgIpc) is 1.83. The highest BCUT2D eigenvalue weighted by Gasteiger charge is 2.45. The number of aliphatic hydroxyl groups is 1. The van der Waals surface area contributed by atoms with Gasteiger partial charge in [-0.05, 0) is 93.5 Å². The Hall–Kier alpha value is -13.1. The third kappa shape index (κ3) is 35.0. The molecule has 3 aromatic carbocycles. The Bertz CT molecular complexity index is 4940. The van der Waals surface area contributed by atoms with Crippen molar-refractivity contribution in [3.05, 3.63) is 108 Å². The number of aliphatic carboxylic acids is 2. The van der Waals surface area contributed by atoms with Crippen LogP contribution in [0.1, 0.15) is 115 Å². The van der Waals surface area contributed by atoms with Crippen LogP contribution in [0.15, 0.2) is 91.0 Å². The van der Waals surface area contributed by atoms with Gasteiger partial charge in [-0.2, -0.15) is 35.3 Å². The summed E-state index contributed by atoms with van der Waals surface area (Å²) in [5, 5.41) is 75.0. The largest absolute Gasteiger partial charge is 0.480 e. The molecule has 5 saturated heterocycles. The number of aliphatic hydroxyl groups excluding tert-OH is 1. The van der Waals surface area contributed by atoms with E-state index in [1.54, 1.807) is 91.0 Å². The van der Waals surface area contributed by atoms with Gasteiger partial charge in [0.15, 0.2) is 6.10 Å². The third-order valence-corrected chi connectivity index (χ3v) is 27.3. The lowest BCUT2D eigenvalue weighted by atomic mass is 10.00. The van der Waals surface area contributed by atoms with Crippen LogP contribution < -0.4 is 119 Å². The van der Waals surface area contributed by atoms with Crippen molar-refractivity contribution in [1.29, 1.82) is 0 Å². The maximum absolute atomic E-state index is 16.1. The number of thioether (sulfide) groups is 3. The molecule has 2 unspecified atom stereocenters. The van der Waals surface area contributed by atoms with Crippen LogP contribution in [0.4, 0.5) is 0 Å². The quantitative estimate of drug-likeness (QED) is 0.0391. The molecule has 764 valence electrons. The van der Waals surface area contributed by atoms with E-state index in [2.05, 4.69) is 85.1 Å². The second-order valence-corrected chi connectivity index (χ2v) is 38.6. The van der Waals surface area contributed by atoms with Gasteiger partial charge >= 0.3 is 11.9 Å². The van der Waals surface area contributed by atoms with Crippen LogP contribution in [-0.4, -0.2) is 332 Å². The first-order valence-electron chi connectivity index (χ1n) is 45.8. The third-order valence-electron chi connectivity index (χ3n) is 23.5. The van der Waals surface area contributed by atoms with E-state index in [0.29, 0.717) is 52.0 Å². The summed E-state index contributed by atoms with van der Waals surface area (Å²) in [5.41, 5.74) is 25.0. The zero-order valence-corrected chi connectivity index (χ0v) is 80.0. The number of nitrogens with two attached hydrogens (primary N) is 4. The van der Waals surface area contributed by atoms with Crippen LogP contribution in [0.2, 0.25) is 0 Å². The van der Waals surface area contributed by atoms with Crippen molar-refractivity contribution in [2.75, 3.05) is 62.3 Å².